The average molecular weight is 142 g/mol. The summed E-state index contributed by atoms with van der Waals surface area (Å²) in [7, 11) is 0. The second kappa shape index (κ2) is 2.28. The molecule has 0 aromatic heterocycles. The zero-order valence-corrected chi connectivity index (χ0v) is 5.76. The Bertz CT molecular complexity index is 179. The molecule has 2 amide bonds. The summed E-state index contributed by atoms with van der Waals surface area (Å²) >= 11 is 0. The number of carbonyl (C=O) groups excluding carboxylic acids is 2. The van der Waals surface area contributed by atoms with Gasteiger partial charge in [-0.1, -0.05) is 0 Å². The van der Waals surface area contributed by atoms with Crippen molar-refractivity contribution in [3.05, 3.63) is 0 Å². The van der Waals surface area contributed by atoms with E-state index in [4.69, 9.17) is 5.73 Å². The fraction of sp³-hybridized carbons (Fsp3) is 0.667. The maximum absolute atomic E-state index is 10.6. The van der Waals surface area contributed by atoms with Crippen LogP contribution in [0.1, 0.15) is 13.3 Å². The van der Waals surface area contributed by atoms with Crippen molar-refractivity contribution in [2.45, 2.75) is 19.4 Å². The summed E-state index contributed by atoms with van der Waals surface area (Å²) in [5.41, 5.74) is 5.02. The highest BCUT2D eigenvalue weighted by Crippen LogP contribution is 2.14. The van der Waals surface area contributed by atoms with Gasteiger partial charge in [-0.15, -0.1) is 0 Å². The van der Waals surface area contributed by atoms with E-state index in [0.717, 1.165) is 0 Å². The van der Waals surface area contributed by atoms with Crippen LogP contribution in [0.4, 0.5) is 0 Å². The van der Waals surface area contributed by atoms with E-state index in [2.05, 4.69) is 5.32 Å². The van der Waals surface area contributed by atoms with Crippen molar-refractivity contribution in [2.75, 3.05) is 0 Å². The third-order valence-corrected chi connectivity index (χ3v) is 1.76. The second-order valence-electron chi connectivity index (χ2n) is 2.57. The predicted molar refractivity (Wildman–Crippen MR) is 34.9 cm³/mol. The Kier molecular flexibility index (Phi) is 1.61. The lowest BCUT2D eigenvalue weighted by molar-refractivity contribution is -0.124. The van der Waals surface area contributed by atoms with Gasteiger partial charge in [0.15, 0.2) is 0 Å². The van der Waals surface area contributed by atoms with Gasteiger partial charge in [0.25, 0.3) is 0 Å². The molecule has 0 aliphatic carbocycles. The van der Waals surface area contributed by atoms with E-state index < -0.39 is 5.91 Å². The van der Waals surface area contributed by atoms with E-state index in [0.29, 0.717) is 0 Å². The maximum atomic E-state index is 10.6. The molecule has 1 saturated heterocycles. The minimum atomic E-state index is -0.397. The number of nitrogens with one attached hydrogen (secondary N) is 1. The van der Waals surface area contributed by atoms with Crippen LogP contribution >= 0.6 is 0 Å². The first kappa shape index (κ1) is 7.05. The van der Waals surface area contributed by atoms with Crippen LogP contribution in [0.3, 0.4) is 0 Å². The van der Waals surface area contributed by atoms with Gasteiger partial charge in [-0.25, -0.2) is 0 Å². The van der Waals surface area contributed by atoms with Crippen LogP contribution in [0.2, 0.25) is 0 Å². The van der Waals surface area contributed by atoms with Crippen LogP contribution in [0.5, 0.6) is 0 Å². The molecule has 1 aliphatic heterocycles. The lowest BCUT2D eigenvalue weighted by atomic mass is 10.0. The lowest BCUT2D eigenvalue weighted by Crippen LogP contribution is -2.32. The molecule has 56 valence electrons. The highest BCUT2D eigenvalue weighted by atomic mass is 16.2. The molecule has 0 unspecified atom stereocenters. The fourth-order valence-electron chi connectivity index (χ4n) is 1.14. The van der Waals surface area contributed by atoms with Gasteiger partial charge in [-0.3, -0.25) is 9.59 Å². The van der Waals surface area contributed by atoms with Gasteiger partial charge in [-0.05, 0) is 6.92 Å². The molecule has 10 heavy (non-hydrogen) atoms. The summed E-state index contributed by atoms with van der Waals surface area (Å²) in [6.07, 6.45) is 0.247. The van der Waals surface area contributed by atoms with E-state index in [1.807, 2.05) is 0 Å². The van der Waals surface area contributed by atoms with Crippen molar-refractivity contribution >= 4 is 11.8 Å². The van der Waals surface area contributed by atoms with E-state index in [1.54, 1.807) is 6.92 Å². The third kappa shape index (κ3) is 1.10. The average Bonchev–Trinajstić information content (AvgIpc) is 2.10. The normalized spacial score (nSPS) is 31.9. The number of nitrogens with two attached hydrogens (primary N) is 1. The van der Waals surface area contributed by atoms with Crippen LogP contribution in [0, 0.1) is 5.92 Å². The standard InChI is InChI=1S/C6H10N2O2/c1-3-4(6(7)10)2-5(9)8-3/h3-4H,2H2,1H3,(H2,7,10)(H,8,9)/t3-,4-/m0/s1. The highest BCUT2D eigenvalue weighted by molar-refractivity contribution is 5.89. The van der Waals surface area contributed by atoms with Crippen molar-refractivity contribution in [3.63, 3.8) is 0 Å². The zero-order chi connectivity index (χ0) is 7.72. The van der Waals surface area contributed by atoms with Crippen LogP contribution < -0.4 is 11.1 Å². The first-order valence-corrected chi connectivity index (χ1v) is 3.20. The molecule has 1 fully saturated rings. The Hall–Kier alpha value is -1.06. The molecule has 3 N–H and O–H groups in total. The van der Waals surface area contributed by atoms with Gasteiger partial charge in [0, 0.05) is 12.5 Å². The SMILES string of the molecule is C[C@@H]1NC(=O)C[C@@H]1C(N)=O. The molecule has 0 radical (unpaired) electrons. The molecule has 0 spiro atoms. The van der Waals surface area contributed by atoms with Gasteiger partial charge in [-0.2, -0.15) is 0 Å². The number of primary amides is 1. The first-order chi connectivity index (χ1) is 4.61. The molecular formula is C6H10N2O2. The van der Waals surface area contributed by atoms with Crippen molar-refractivity contribution < 1.29 is 9.59 Å². The van der Waals surface area contributed by atoms with Gasteiger partial charge in [0.2, 0.25) is 11.8 Å². The van der Waals surface area contributed by atoms with Crippen molar-refractivity contribution in [2.24, 2.45) is 11.7 Å². The molecule has 4 heteroatoms. The number of hydrogen-bond acceptors (Lipinski definition) is 2. The molecule has 1 rings (SSSR count). The second-order valence-corrected chi connectivity index (χ2v) is 2.57. The van der Waals surface area contributed by atoms with E-state index >= 15 is 0 Å². The number of carbonyl (C=O) groups is 2. The first-order valence-electron chi connectivity index (χ1n) is 3.20. The van der Waals surface area contributed by atoms with E-state index in [-0.39, 0.29) is 24.3 Å². The van der Waals surface area contributed by atoms with Gasteiger partial charge in [0.1, 0.15) is 0 Å². The summed E-state index contributed by atoms with van der Waals surface area (Å²) in [5.74, 6) is -0.797. The molecule has 2 atom stereocenters. The topological polar surface area (TPSA) is 72.2 Å². The predicted octanol–water partition coefficient (Wildman–Crippen LogP) is -1.00. The Labute approximate surface area is 58.8 Å². The summed E-state index contributed by atoms with van der Waals surface area (Å²) in [5, 5.41) is 2.61. The number of amides is 2. The minimum Gasteiger partial charge on any atom is -0.369 e. The molecule has 4 nitrogen and oxygen atoms in total. The van der Waals surface area contributed by atoms with Crippen molar-refractivity contribution in [1.82, 2.24) is 5.32 Å². The summed E-state index contributed by atoms with van der Waals surface area (Å²) in [6.45, 7) is 1.78. The monoisotopic (exact) mass is 142 g/mol. The van der Waals surface area contributed by atoms with Crippen LogP contribution in [-0.2, 0) is 9.59 Å². The Morgan fingerprint density at radius 1 is 1.80 bits per heavy atom. The van der Waals surface area contributed by atoms with Crippen LogP contribution in [0.25, 0.3) is 0 Å². The van der Waals surface area contributed by atoms with Gasteiger partial charge in [0.05, 0.1) is 5.92 Å². The highest BCUT2D eigenvalue weighted by Gasteiger charge is 2.32. The molecule has 1 aliphatic rings. The summed E-state index contributed by atoms with van der Waals surface area (Å²) in [6, 6.07) is -0.0926. The smallest absolute Gasteiger partial charge is 0.223 e. The zero-order valence-electron chi connectivity index (χ0n) is 5.76. The number of rotatable bonds is 1. The minimum absolute atomic E-state index is 0.0868. The van der Waals surface area contributed by atoms with Gasteiger partial charge >= 0.3 is 0 Å². The van der Waals surface area contributed by atoms with E-state index in [9.17, 15) is 9.59 Å². The van der Waals surface area contributed by atoms with Crippen LogP contribution in [0.15, 0.2) is 0 Å². The largest absolute Gasteiger partial charge is 0.369 e. The maximum Gasteiger partial charge on any atom is 0.223 e. The summed E-state index contributed by atoms with van der Waals surface area (Å²) < 4.78 is 0. The van der Waals surface area contributed by atoms with Crippen molar-refractivity contribution in [1.29, 1.82) is 0 Å². The Morgan fingerprint density at radius 2 is 2.40 bits per heavy atom. The van der Waals surface area contributed by atoms with Gasteiger partial charge < -0.3 is 11.1 Å². The molecule has 0 bridgehead atoms. The summed E-state index contributed by atoms with van der Waals surface area (Å²) in [4.78, 5) is 21.2. The molecular weight excluding hydrogens is 132 g/mol. The fourth-order valence-corrected chi connectivity index (χ4v) is 1.14. The molecule has 0 aromatic rings. The Morgan fingerprint density at radius 3 is 2.60 bits per heavy atom. The molecule has 1 heterocycles. The molecule has 0 saturated carbocycles. The lowest BCUT2D eigenvalue weighted by Gasteiger charge is -2.07. The number of hydrogen-bond donors (Lipinski definition) is 2. The molecule has 0 aromatic carbocycles. The van der Waals surface area contributed by atoms with Crippen LogP contribution in [-0.4, -0.2) is 17.9 Å². The quantitative estimate of drug-likeness (QED) is 0.492. The Balaban J connectivity index is 2.63. The van der Waals surface area contributed by atoms with E-state index in [1.165, 1.54) is 0 Å². The van der Waals surface area contributed by atoms with Crippen molar-refractivity contribution in [3.8, 4) is 0 Å². The third-order valence-electron chi connectivity index (χ3n) is 1.76.